The fraction of sp³-hybridized carbons (Fsp3) is 0.158. The number of nitrogens with zero attached hydrogens (tertiary/aromatic N) is 2. The molecule has 0 atom stereocenters. The van der Waals surface area contributed by atoms with Gasteiger partial charge in [-0.1, -0.05) is 35.9 Å². The molecule has 0 aliphatic heterocycles. The van der Waals surface area contributed by atoms with Crippen molar-refractivity contribution in [2.45, 2.75) is 17.9 Å². The zero-order valence-electron chi connectivity index (χ0n) is 15.5. The van der Waals surface area contributed by atoms with Gasteiger partial charge in [0.1, 0.15) is 6.61 Å². The second-order valence-corrected chi connectivity index (χ2v) is 8.23. The van der Waals surface area contributed by atoms with Gasteiger partial charge in [-0.2, -0.15) is 0 Å². The Morgan fingerprint density at radius 2 is 2.00 bits per heavy atom. The fourth-order valence-electron chi connectivity index (χ4n) is 2.67. The van der Waals surface area contributed by atoms with Crippen molar-refractivity contribution >= 4 is 33.2 Å². The summed E-state index contributed by atoms with van der Waals surface area (Å²) in [6.07, 6.45) is 3.31. The number of imidazole rings is 1. The Morgan fingerprint density at radius 3 is 2.66 bits per heavy atom. The Kier molecular flexibility index (Phi) is 6.21. The maximum Gasteiger partial charge on any atom is 0.296 e. The third kappa shape index (κ3) is 5.35. The molecule has 1 amide bonds. The number of hydrogen-bond donors (Lipinski definition) is 2. The van der Waals surface area contributed by atoms with Crippen LogP contribution in [0.2, 0.25) is 5.02 Å². The van der Waals surface area contributed by atoms with Crippen molar-refractivity contribution < 1.29 is 17.9 Å². The molecular weight excluding hydrogens is 416 g/mol. The normalized spacial score (nSPS) is 11.3. The van der Waals surface area contributed by atoms with Crippen molar-refractivity contribution in [1.82, 2.24) is 9.55 Å². The van der Waals surface area contributed by atoms with Crippen LogP contribution in [0.25, 0.3) is 0 Å². The third-order valence-corrected chi connectivity index (χ3v) is 5.46. The summed E-state index contributed by atoms with van der Waals surface area (Å²) in [6, 6.07) is 11.7. The largest absolute Gasteiger partial charge is 0.460 e. The number of primary sulfonamides is 1. The summed E-state index contributed by atoms with van der Waals surface area (Å²) in [6.45, 7) is -0.0511. The van der Waals surface area contributed by atoms with E-state index in [2.05, 4.69) is 10.3 Å². The first-order chi connectivity index (χ1) is 13.7. The number of benzene rings is 2. The van der Waals surface area contributed by atoms with E-state index in [0.717, 1.165) is 0 Å². The number of nitrogens with one attached hydrogen (secondary N) is 1. The lowest BCUT2D eigenvalue weighted by molar-refractivity contribution is -0.115. The molecule has 0 unspecified atom stereocenters. The molecule has 0 radical (unpaired) electrons. The second kappa shape index (κ2) is 8.64. The van der Waals surface area contributed by atoms with Crippen LogP contribution in [0.3, 0.4) is 0 Å². The van der Waals surface area contributed by atoms with Crippen LogP contribution in [0.1, 0.15) is 11.1 Å². The number of sulfonamides is 1. The summed E-state index contributed by atoms with van der Waals surface area (Å²) in [5.41, 5.74) is 1.31. The molecule has 8 nitrogen and oxygen atoms in total. The van der Waals surface area contributed by atoms with Crippen molar-refractivity contribution in [2.75, 3.05) is 5.32 Å². The van der Waals surface area contributed by atoms with Crippen LogP contribution >= 0.6 is 11.6 Å². The van der Waals surface area contributed by atoms with E-state index < -0.39 is 10.0 Å². The lowest BCUT2D eigenvalue weighted by atomic mass is 10.1. The van der Waals surface area contributed by atoms with Crippen LogP contribution in [-0.4, -0.2) is 23.9 Å². The van der Waals surface area contributed by atoms with E-state index in [-0.39, 0.29) is 23.8 Å². The summed E-state index contributed by atoms with van der Waals surface area (Å²) in [5.74, 6) is -0.338. The molecule has 3 rings (SSSR count). The van der Waals surface area contributed by atoms with Gasteiger partial charge in [-0.3, -0.25) is 4.79 Å². The lowest BCUT2D eigenvalue weighted by Crippen LogP contribution is -2.18. The number of amides is 1. The second-order valence-electron chi connectivity index (χ2n) is 6.29. The number of hydrogen-bond acceptors (Lipinski definition) is 5. The number of aromatic nitrogens is 2. The molecule has 0 bridgehead atoms. The van der Waals surface area contributed by atoms with Crippen molar-refractivity contribution in [1.29, 1.82) is 0 Å². The zero-order valence-corrected chi connectivity index (χ0v) is 17.1. The van der Waals surface area contributed by atoms with E-state index in [0.29, 0.717) is 27.8 Å². The van der Waals surface area contributed by atoms with Crippen LogP contribution in [0.4, 0.5) is 5.69 Å². The van der Waals surface area contributed by atoms with E-state index in [1.807, 2.05) is 0 Å². The van der Waals surface area contributed by atoms with E-state index in [9.17, 15) is 13.2 Å². The van der Waals surface area contributed by atoms with Gasteiger partial charge in [0.25, 0.3) is 6.01 Å². The third-order valence-electron chi connectivity index (χ3n) is 4.10. The van der Waals surface area contributed by atoms with Crippen molar-refractivity contribution in [3.8, 4) is 6.01 Å². The molecule has 1 heterocycles. The first kappa shape index (κ1) is 20.8. The minimum absolute atomic E-state index is 0.0500. The SMILES string of the molecule is Cn1ccnc1OCc1ccc(NC(=O)Cc2ccccc2Cl)cc1S(N)(=O)=O. The van der Waals surface area contributed by atoms with E-state index >= 15 is 0 Å². The molecule has 3 N–H and O–H groups in total. The number of carbonyl (C=O) groups is 1. The Morgan fingerprint density at radius 1 is 1.24 bits per heavy atom. The minimum atomic E-state index is -4.04. The number of aryl methyl sites for hydroxylation is 1. The van der Waals surface area contributed by atoms with Crippen molar-refractivity contribution in [2.24, 2.45) is 12.2 Å². The van der Waals surface area contributed by atoms with Crippen LogP contribution in [-0.2, 0) is 34.9 Å². The van der Waals surface area contributed by atoms with Crippen molar-refractivity contribution in [3.63, 3.8) is 0 Å². The number of anilines is 1. The molecule has 3 aromatic rings. The van der Waals surface area contributed by atoms with Crippen molar-refractivity contribution in [3.05, 3.63) is 71.0 Å². The summed E-state index contributed by atoms with van der Waals surface area (Å²) in [4.78, 5) is 16.2. The molecule has 0 fully saturated rings. The Labute approximate surface area is 173 Å². The predicted octanol–water partition coefficient (Wildman–Crippen LogP) is 2.48. The number of rotatable bonds is 7. The molecule has 0 aliphatic rings. The maximum atomic E-state index is 12.3. The number of nitrogens with two attached hydrogens (primary N) is 1. The number of carbonyl (C=O) groups excluding carboxylic acids is 1. The minimum Gasteiger partial charge on any atom is -0.460 e. The Hall–Kier alpha value is -2.88. The summed E-state index contributed by atoms with van der Waals surface area (Å²) >= 11 is 6.07. The van der Waals surface area contributed by atoms with Crippen LogP contribution in [0, 0.1) is 0 Å². The van der Waals surface area contributed by atoms with Gasteiger partial charge in [0.15, 0.2) is 0 Å². The zero-order chi connectivity index (χ0) is 21.0. The Balaban J connectivity index is 1.77. The van der Waals surface area contributed by atoms with Crippen LogP contribution < -0.4 is 15.2 Å². The smallest absolute Gasteiger partial charge is 0.296 e. The predicted molar refractivity (Wildman–Crippen MR) is 109 cm³/mol. The van der Waals surface area contributed by atoms with Gasteiger partial charge in [-0.25, -0.2) is 18.5 Å². The topological polar surface area (TPSA) is 116 Å². The molecule has 152 valence electrons. The highest BCUT2D eigenvalue weighted by atomic mass is 35.5. The monoisotopic (exact) mass is 434 g/mol. The quantitative estimate of drug-likeness (QED) is 0.592. The Bertz CT molecular complexity index is 1140. The maximum absolute atomic E-state index is 12.3. The van der Waals surface area contributed by atoms with Gasteiger partial charge in [-0.15, -0.1) is 0 Å². The number of ether oxygens (including phenoxy) is 1. The average Bonchev–Trinajstić information content (AvgIpc) is 3.06. The standard InChI is InChI=1S/C19H19ClN4O4S/c1-24-9-8-22-19(24)28-12-14-6-7-15(11-17(14)29(21,26)27)23-18(25)10-13-4-2-3-5-16(13)20/h2-9,11H,10,12H2,1H3,(H,23,25)(H2,21,26,27). The highest BCUT2D eigenvalue weighted by Crippen LogP contribution is 2.22. The van der Waals surface area contributed by atoms with Crippen LogP contribution in [0.15, 0.2) is 59.8 Å². The molecular formula is C19H19ClN4O4S. The highest BCUT2D eigenvalue weighted by molar-refractivity contribution is 7.89. The lowest BCUT2D eigenvalue weighted by Gasteiger charge is -2.12. The van der Waals surface area contributed by atoms with Gasteiger partial charge in [0.05, 0.1) is 11.3 Å². The molecule has 0 aliphatic carbocycles. The molecule has 0 spiro atoms. The van der Waals surface area contributed by atoms with Gasteiger partial charge in [0.2, 0.25) is 15.9 Å². The molecule has 0 saturated heterocycles. The molecule has 2 aromatic carbocycles. The van der Waals surface area contributed by atoms with Gasteiger partial charge in [0, 0.05) is 35.7 Å². The summed E-state index contributed by atoms with van der Waals surface area (Å²) in [5, 5.41) is 8.49. The molecule has 29 heavy (non-hydrogen) atoms. The van der Waals surface area contributed by atoms with E-state index in [4.69, 9.17) is 21.5 Å². The molecule has 1 aromatic heterocycles. The van der Waals surface area contributed by atoms with Gasteiger partial charge >= 0.3 is 0 Å². The van der Waals surface area contributed by atoms with E-state index in [1.165, 1.54) is 12.1 Å². The highest BCUT2D eigenvalue weighted by Gasteiger charge is 2.17. The van der Waals surface area contributed by atoms with Gasteiger partial charge < -0.3 is 14.6 Å². The molecule has 10 heteroatoms. The first-order valence-corrected chi connectivity index (χ1v) is 10.5. The van der Waals surface area contributed by atoms with Gasteiger partial charge in [-0.05, 0) is 23.8 Å². The average molecular weight is 435 g/mol. The number of halogens is 1. The first-order valence-electron chi connectivity index (χ1n) is 8.53. The molecule has 0 saturated carbocycles. The van der Waals surface area contributed by atoms with Crippen LogP contribution in [0.5, 0.6) is 6.01 Å². The van der Waals surface area contributed by atoms with E-state index in [1.54, 1.807) is 54.3 Å². The summed E-state index contributed by atoms with van der Waals surface area (Å²) < 4.78 is 31.2. The fourth-order valence-corrected chi connectivity index (χ4v) is 3.66. The summed E-state index contributed by atoms with van der Waals surface area (Å²) in [7, 11) is -2.29.